The molecule has 2 aromatic carbocycles. The van der Waals surface area contributed by atoms with Gasteiger partial charge in [-0.05, 0) is 43.3 Å². The molecule has 0 bridgehead atoms. The Kier molecular flexibility index (Phi) is 8.46. The molecule has 12 heteroatoms. The predicted octanol–water partition coefficient (Wildman–Crippen LogP) is 3.19. The second-order valence-corrected chi connectivity index (χ2v) is 7.75. The summed E-state index contributed by atoms with van der Waals surface area (Å²) in [6.45, 7) is 1.31. The van der Waals surface area contributed by atoms with Gasteiger partial charge in [-0.1, -0.05) is 23.9 Å². The Labute approximate surface area is 197 Å². The molecule has 0 radical (unpaired) electrons. The van der Waals surface area contributed by atoms with Crippen molar-refractivity contribution in [3.05, 3.63) is 77.9 Å². The van der Waals surface area contributed by atoms with Crippen molar-refractivity contribution < 1.29 is 27.9 Å². The van der Waals surface area contributed by atoms with Crippen LogP contribution in [0.5, 0.6) is 5.75 Å². The topological polar surface area (TPSA) is 122 Å². The number of benzene rings is 2. The maximum Gasteiger partial charge on any atom is 0.289 e. The third-order valence-electron chi connectivity index (χ3n) is 4.16. The quantitative estimate of drug-likeness (QED) is 0.329. The number of halogens is 2. The zero-order valence-corrected chi connectivity index (χ0v) is 18.6. The fraction of sp³-hybridized carbons (Fsp3) is 0.136. The van der Waals surface area contributed by atoms with Crippen molar-refractivity contribution >= 4 is 35.2 Å². The molecule has 0 fully saturated rings. The summed E-state index contributed by atoms with van der Waals surface area (Å²) in [4.78, 5) is 45.0. The molecule has 3 aromatic rings. The van der Waals surface area contributed by atoms with Gasteiger partial charge in [0.25, 0.3) is 23.5 Å². The van der Waals surface area contributed by atoms with Gasteiger partial charge in [0, 0.05) is 16.8 Å². The van der Waals surface area contributed by atoms with Gasteiger partial charge >= 0.3 is 0 Å². The van der Waals surface area contributed by atoms with Crippen LogP contribution in [0.2, 0.25) is 0 Å². The summed E-state index contributed by atoms with van der Waals surface area (Å²) < 4.78 is 30.2. The summed E-state index contributed by atoms with van der Waals surface area (Å²) in [5.74, 6) is -4.26. The molecule has 0 saturated carbocycles. The van der Waals surface area contributed by atoms with Crippen LogP contribution in [0.4, 0.5) is 14.5 Å². The minimum absolute atomic E-state index is 0.0212. The zero-order chi connectivity index (χ0) is 24.5. The summed E-state index contributed by atoms with van der Waals surface area (Å²) in [6.07, 6.45) is 2.69. The van der Waals surface area contributed by atoms with E-state index in [9.17, 15) is 23.2 Å². The molecule has 0 saturated heterocycles. The van der Waals surface area contributed by atoms with E-state index in [0.717, 1.165) is 0 Å². The van der Waals surface area contributed by atoms with Crippen LogP contribution in [0.3, 0.4) is 0 Å². The Morgan fingerprint density at radius 1 is 0.971 bits per heavy atom. The molecule has 0 spiro atoms. The highest BCUT2D eigenvalue weighted by molar-refractivity contribution is 7.99. The number of hydrazine groups is 1. The van der Waals surface area contributed by atoms with Crippen LogP contribution < -0.4 is 20.9 Å². The molecule has 0 aliphatic carbocycles. The number of ether oxygens (including phenoxy) is 1. The van der Waals surface area contributed by atoms with Gasteiger partial charge in [-0.3, -0.25) is 30.2 Å². The van der Waals surface area contributed by atoms with Crippen molar-refractivity contribution in [3.63, 3.8) is 0 Å². The Bertz CT molecular complexity index is 1160. The van der Waals surface area contributed by atoms with E-state index in [1.165, 1.54) is 48.8 Å². The summed E-state index contributed by atoms with van der Waals surface area (Å²) >= 11 is 0.401. The largest absolute Gasteiger partial charge is 0.483 e. The molecular weight excluding hydrogens is 468 g/mol. The van der Waals surface area contributed by atoms with E-state index < -0.39 is 30.1 Å². The fourth-order valence-corrected chi connectivity index (χ4v) is 3.09. The first-order chi connectivity index (χ1) is 16.3. The Morgan fingerprint density at radius 2 is 1.68 bits per heavy atom. The van der Waals surface area contributed by atoms with Gasteiger partial charge in [0.2, 0.25) is 0 Å². The molecule has 34 heavy (non-hydrogen) atoms. The van der Waals surface area contributed by atoms with Crippen LogP contribution >= 0.6 is 11.8 Å². The highest BCUT2D eigenvalue weighted by Gasteiger charge is 2.15. The van der Waals surface area contributed by atoms with Gasteiger partial charge in [-0.2, -0.15) is 8.78 Å². The average Bonchev–Trinajstić information content (AvgIpc) is 2.82. The molecule has 3 N–H and O–H groups in total. The van der Waals surface area contributed by atoms with E-state index in [1.54, 1.807) is 19.1 Å². The molecule has 1 heterocycles. The van der Waals surface area contributed by atoms with Gasteiger partial charge in [-0.15, -0.1) is 0 Å². The van der Waals surface area contributed by atoms with E-state index in [2.05, 4.69) is 26.1 Å². The molecule has 0 atom stereocenters. The van der Waals surface area contributed by atoms with Gasteiger partial charge in [0.05, 0.1) is 17.5 Å². The number of rotatable bonds is 8. The van der Waals surface area contributed by atoms with Gasteiger partial charge in [-0.25, -0.2) is 4.98 Å². The van der Waals surface area contributed by atoms with E-state index in [-0.39, 0.29) is 17.0 Å². The van der Waals surface area contributed by atoms with Crippen LogP contribution in [-0.2, 0) is 4.79 Å². The van der Waals surface area contributed by atoms with Crippen LogP contribution in [0, 0.1) is 6.92 Å². The number of carbonyl (C=O) groups is 3. The number of para-hydroxylation sites is 1. The highest BCUT2D eigenvalue weighted by Crippen LogP contribution is 2.26. The smallest absolute Gasteiger partial charge is 0.289 e. The monoisotopic (exact) mass is 487 g/mol. The number of anilines is 1. The van der Waals surface area contributed by atoms with E-state index in [4.69, 9.17) is 4.74 Å². The molecule has 0 aliphatic rings. The standard InChI is InChI=1S/C22H19F2N5O4S/c1-13-10-26-17(11-25-13)21(32)29-28-20(31)16-4-2-3-5-18(16)33-12-19(30)27-14-6-8-15(9-7-14)34-22(23)24/h2-11,22H,12H2,1H3,(H,27,30)(H,28,31)(H,29,32). The highest BCUT2D eigenvalue weighted by atomic mass is 32.2. The average molecular weight is 487 g/mol. The van der Waals surface area contributed by atoms with Crippen LogP contribution in [0.15, 0.2) is 65.8 Å². The molecule has 9 nitrogen and oxygen atoms in total. The van der Waals surface area contributed by atoms with Gasteiger partial charge in [0.15, 0.2) is 6.61 Å². The second-order valence-electron chi connectivity index (χ2n) is 6.69. The fourth-order valence-electron chi connectivity index (χ4n) is 2.59. The predicted molar refractivity (Wildman–Crippen MR) is 121 cm³/mol. The van der Waals surface area contributed by atoms with Gasteiger partial charge < -0.3 is 10.1 Å². The van der Waals surface area contributed by atoms with Crippen molar-refractivity contribution in [1.29, 1.82) is 0 Å². The van der Waals surface area contributed by atoms with Crippen molar-refractivity contribution in [2.75, 3.05) is 11.9 Å². The maximum absolute atomic E-state index is 12.5. The number of carbonyl (C=O) groups excluding carboxylic acids is 3. The van der Waals surface area contributed by atoms with E-state index in [1.807, 2.05) is 0 Å². The lowest BCUT2D eigenvalue weighted by molar-refractivity contribution is -0.118. The van der Waals surface area contributed by atoms with Crippen molar-refractivity contribution in [2.45, 2.75) is 17.6 Å². The summed E-state index contributed by atoms with van der Waals surface area (Å²) in [5.41, 5.74) is 5.63. The second kappa shape index (κ2) is 11.7. The number of aryl methyl sites for hydroxylation is 1. The number of thioether (sulfide) groups is 1. The van der Waals surface area contributed by atoms with Crippen LogP contribution in [-0.4, -0.2) is 40.1 Å². The Morgan fingerprint density at radius 3 is 2.35 bits per heavy atom. The van der Waals surface area contributed by atoms with Crippen LogP contribution in [0.25, 0.3) is 0 Å². The summed E-state index contributed by atoms with van der Waals surface area (Å²) in [7, 11) is 0. The van der Waals surface area contributed by atoms with Crippen molar-refractivity contribution in [2.24, 2.45) is 0 Å². The van der Waals surface area contributed by atoms with E-state index >= 15 is 0 Å². The third kappa shape index (κ3) is 7.24. The molecule has 3 rings (SSSR count). The minimum Gasteiger partial charge on any atom is -0.483 e. The number of aromatic nitrogens is 2. The first-order valence-electron chi connectivity index (χ1n) is 9.77. The third-order valence-corrected chi connectivity index (χ3v) is 4.88. The van der Waals surface area contributed by atoms with E-state index in [0.29, 0.717) is 28.0 Å². The normalized spacial score (nSPS) is 10.5. The molecule has 0 aliphatic heterocycles. The maximum atomic E-state index is 12.5. The zero-order valence-electron chi connectivity index (χ0n) is 17.7. The lowest BCUT2D eigenvalue weighted by Crippen LogP contribution is -2.42. The molecular formula is C22H19F2N5O4S. The van der Waals surface area contributed by atoms with Crippen molar-refractivity contribution in [3.8, 4) is 5.75 Å². The number of alkyl halides is 2. The van der Waals surface area contributed by atoms with Crippen LogP contribution in [0.1, 0.15) is 26.5 Å². The number of hydrogen-bond donors (Lipinski definition) is 3. The molecule has 1 aromatic heterocycles. The lowest BCUT2D eigenvalue weighted by atomic mass is 10.2. The molecule has 0 unspecified atom stereocenters. The summed E-state index contributed by atoms with van der Waals surface area (Å²) in [5, 5.41) is 2.57. The molecule has 3 amide bonds. The Balaban J connectivity index is 1.54. The van der Waals surface area contributed by atoms with Gasteiger partial charge in [0.1, 0.15) is 11.4 Å². The number of nitrogens with one attached hydrogen (secondary N) is 3. The first-order valence-corrected chi connectivity index (χ1v) is 10.7. The lowest BCUT2D eigenvalue weighted by Gasteiger charge is -2.12. The SMILES string of the molecule is Cc1cnc(C(=O)NNC(=O)c2ccccc2OCC(=O)Nc2ccc(SC(F)F)cc2)cn1. The van der Waals surface area contributed by atoms with Crippen molar-refractivity contribution in [1.82, 2.24) is 20.8 Å². The molecule has 176 valence electrons. The number of amides is 3. The summed E-state index contributed by atoms with van der Waals surface area (Å²) in [6, 6.07) is 12.1. The Hall–Kier alpha value is -4.06. The first kappa shape index (κ1) is 24.6. The minimum atomic E-state index is -2.53. The number of nitrogens with zero attached hydrogens (tertiary/aromatic N) is 2. The number of hydrogen-bond acceptors (Lipinski definition) is 7.